The van der Waals surface area contributed by atoms with E-state index >= 15 is 0 Å². The molecule has 2 rings (SSSR count). The van der Waals surface area contributed by atoms with Crippen molar-refractivity contribution < 1.29 is 0 Å². The van der Waals surface area contributed by atoms with E-state index in [-0.39, 0.29) is 5.54 Å². The first-order chi connectivity index (χ1) is 7.75. The fraction of sp³-hybridized carbons (Fsp3) is 0.857. The number of likely N-dealkylation sites (tertiary alicyclic amines) is 1. The zero-order chi connectivity index (χ0) is 11.6. The van der Waals surface area contributed by atoms with Gasteiger partial charge >= 0.3 is 0 Å². The standard InChI is InChI=1S/C14H26N2/c1-3-14(4-2,11-15)16-9-12-7-5-6-8-13(12)10-16/h5-6,12-13H,3-4,7-11,15H2,1-2H3. The second-order valence-corrected chi connectivity index (χ2v) is 5.50. The number of hydrogen-bond acceptors (Lipinski definition) is 2. The summed E-state index contributed by atoms with van der Waals surface area (Å²) in [4.78, 5) is 2.69. The summed E-state index contributed by atoms with van der Waals surface area (Å²) < 4.78 is 0. The van der Waals surface area contributed by atoms with Crippen molar-refractivity contribution in [3.8, 4) is 0 Å². The van der Waals surface area contributed by atoms with E-state index in [9.17, 15) is 0 Å². The maximum Gasteiger partial charge on any atom is 0.0326 e. The molecule has 0 bridgehead atoms. The maximum absolute atomic E-state index is 6.04. The van der Waals surface area contributed by atoms with Crippen molar-refractivity contribution in [1.29, 1.82) is 0 Å². The van der Waals surface area contributed by atoms with Gasteiger partial charge < -0.3 is 5.73 Å². The van der Waals surface area contributed by atoms with Gasteiger partial charge in [0.05, 0.1) is 0 Å². The zero-order valence-electron chi connectivity index (χ0n) is 10.8. The van der Waals surface area contributed by atoms with Gasteiger partial charge in [-0.3, -0.25) is 4.90 Å². The van der Waals surface area contributed by atoms with Gasteiger partial charge in [0.15, 0.2) is 0 Å². The molecular formula is C14H26N2. The molecule has 1 heterocycles. The van der Waals surface area contributed by atoms with E-state index < -0.39 is 0 Å². The summed E-state index contributed by atoms with van der Waals surface area (Å²) in [5, 5.41) is 0. The maximum atomic E-state index is 6.04. The Kier molecular flexibility index (Phi) is 3.70. The summed E-state index contributed by atoms with van der Waals surface area (Å²) in [6, 6.07) is 0. The molecule has 2 unspecified atom stereocenters. The first-order valence-corrected chi connectivity index (χ1v) is 6.86. The quantitative estimate of drug-likeness (QED) is 0.740. The summed E-state index contributed by atoms with van der Waals surface area (Å²) in [5.74, 6) is 1.79. The highest BCUT2D eigenvalue weighted by Crippen LogP contribution is 2.38. The predicted molar refractivity (Wildman–Crippen MR) is 69.3 cm³/mol. The van der Waals surface area contributed by atoms with Crippen LogP contribution in [-0.4, -0.2) is 30.1 Å². The fourth-order valence-corrected chi connectivity index (χ4v) is 3.52. The Balaban J connectivity index is 2.07. The molecule has 2 N–H and O–H groups in total. The van der Waals surface area contributed by atoms with E-state index in [1.807, 2.05) is 0 Å². The van der Waals surface area contributed by atoms with E-state index in [0.717, 1.165) is 18.4 Å². The topological polar surface area (TPSA) is 29.3 Å². The molecular weight excluding hydrogens is 196 g/mol. The molecule has 1 saturated heterocycles. The van der Waals surface area contributed by atoms with Crippen LogP contribution in [0.5, 0.6) is 0 Å². The smallest absolute Gasteiger partial charge is 0.0326 e. The number of nitrogens with zero attached hydrogens (tertiary/aromatic N) is 1. The SMILES string of the molecule is CCC(CC)(CN)N1CC2CC=CCC2C1. The highest BCUT2D eigenvalue weighted by molar-refractivity contribution is 5.03. The molecule has 2 aliphatic rings. The molecule has 92 valence electrons. The minimum Gasteiger partial charge on any atom is -0.329 e. The third-order valence-electron chi connectivity index (χ3n) is 4.99. The highest BCUT2D eigenvalue weighted by atomic mass is 15.2. The van der Waals surface area contributed by atoms with Crippen molar-refractivity contribution >= 4 is 0 Å². The number of allylic oxidation sites excluding steroid dienone is 2. The molecule has 0 amide bonds. The molecule has 1 aliphatic heterocycles. The lowest BCUT2D eigenvalue weighted by molar-refractivity contribution is 0.107. The van der Waals surface area contributed by atoms with Crippen LogP contribution in [0.25, 0.3) is 0 Å². The average Bonchev–Trinajstić information content (AvgIpc) is 2.76. The Morgan fingerprint density at radius 3 is 2.00 bits per heavy atom. The van der Waals surface area contributed by atoms with Crippen molar-refractivity contribution in [3.05, 3.63) is 12.2 Å². The molecule has 0 aromatic rings. The van der Waals surface area contributed by atoms with Crippen LogP contribution < -0.4 is 5.73 Å². The second-order valence-electron chi connectivity index (χ2n) is 5.50. The van der Waals surface area contributed by atoms with Crippen LogP contribution >= 0.6 is 0 Å². The molecule has 1 fully saturated rings. The Labute approximate surface area is 99.9 Å². The van der Waals surface area contributed by atoms with Crippen LogP contribution in [0.1, 0.15) is 39.5 Å². The summed E-state index contributed by atoms with van der Waals surface area (Å²) in [6.45, 7) is 7.93. The Hall–Kier alpha value is -0.340. The minimum atomic E-state index is 0.275. The molecule has 0 aromatic carbocycles. The van der Waals surface area contributed by atoms with Gasteiger partial charge in [0, 0.05) is 25.2 Å². The lowest BCUT2D eigenvalue weighted by Gasteiger charge is -2.40. The Morgan fingerprint density at radius 2 is 1.62 bits per heavy atom. The second kappa shape index (κ2) is 4.89. The van der Waals surface area contributed by atoms with E-state index in [4.69, 9.17) is 5.73 Å². The predicted octanol–water partition coefficient (Wildman–Crippen LogP) is 2.40. The normalized spacial score (nSPS) is 30.7. The lowest BCUT2D eigenvalue weighted by atomic mass is 9.86. The van der Waals surface area contributed by atoms with E-state index in [1.165, 1.54) is 38.8 Å². The molecule has 2 nitrogen and oxygen atoms in total. The van der Waals surface area contributed by atoms with Gasteiger partial charge in [-0.15, -0.1) is 0 Å². The van der Waals surface area contributed by atoms with Crippen LogP contribution in [0.2, 0.25) is 0 Å². The van der Waals surface area contributed by atoms with E-state index in [0.29, 0.717) is 0 Å². The molecule has 0 spiro atoms. The van der Waals surface area contributed by atoms with Gasteiger partial charge in [-0.1, -0.05) is 26.0 Å². The van der Waals surface area contributed by atoms with Gasteiger partial charge in [-0.2, -0.15) is 0 Å². The first kappa shape index (κ1) is 12.1. The molecule has 2 heteroatoms. The van der Waals surface area contributed by atoms with Gasteiger partial charge in [-0.25, -0.2) is 0 Å². The lowest BCUT2D eigenvalue weighted by Crippen LogP contribution is -2.52. The highest BCUT2D eigenvalue weighted by Gasteiger charge is 2.41. The summed E-state index contributed by atoms with van der Waals surface area (Å²) in [5.41, 5.74) is 6.32. The van der Waals surface area contributed by atoms with Crippen molar-refractivity contribution in [3.63, 3.8) is 0 Å². The number of fused-ring (bicyclic) bond motifs is 1. The van der Waals surface area contributed by atoms with Crippen LogP contribution in [0.15, 0.2) is 12.2 Å². The van der Waals surface area contributed by atoms with Gasteiger partial charge in [0.25, 0.3) is 0 Å². The average molecular weight is 222 g/mol. The summed E-state index contributed by atoms with van der Waals surface area (Å²) in [7, 11) is 0. The van der Waals surface area contributed by atoms with Gasteiger partial charge in [0.1, 0.15) is 0 Å². The first-order valence-electron chi connectivity index (χ1n) is 6.86. The van der Waals surface area contributed by atoms with Crippen LogP contribution in [0, 0.1) is 11.8 Å². The monoisotopic (exact) mass is 222 g/mol. The Bertz CT molecular complexity index is 231. The van der Waals surface area contributed by atoms with Gasteiger partial charge in [0.2, 0.25) is 0 Å². The number of hydrogen-bond donors (Lipinski definition) is 1. The van der Waals surface area contributed by atoms with E-state index in [2.05, 4.69) is 30.9 Å². The molecule has 2 atom stereocenters. The van der Waals surface area contributed by atoms with Crippen LogP contribution in [0.3, 0.4) is 0 Å². The minimum absolute atomic E-state index is 0.275. The molecule has 0 saturated carbocycles. The van der Waals surface area contributed by atoms with Crippen LogP contribution in [0.4, 0.5) is 0 Å². The third-order valence-corrected chi connectivity index (χ3v) is 4.99. The van der Waals surface area contributed by atoms with Crippen molar-refractivity contribution in [2.45, 2.75) is 45.1 Å². The van der Waals surface area contributed by atoms with Crippen LogP contribution in [-0.2, 0) is 0 Å². The summed E-state index contributed by atoms with van der Waals surface area (Å²) >= 11 is 0. The largest absolute Gasteiger partial charge is 0.329 e. The third kappa shape index (κ3) is 1.93. The summed E-state index contributed by atoms with van der Waals surface area (Å²) in [6.07, 6.45) is 9.68. The van der Waals surface area contributed by atoms with Gasteiger partial charge in [-0.05, 0) is 37.5 Å². The van der Waals surface area contributed by atoms with Crippen molar-refractivity contribution in [2.75, 3.05) is 19.6 Å². The van der Waals surface area contributed by atoms with Crippen molar-refractivity contribution in [1.82, 2.24) is 4.90 Å². The molecule has 16 heavy (non-hydrogen) atoms. The molecule has 0 radical (unpaired) electrons. The fourth-order valence-electron chi connectivity index (χ4n) is 3.52. The number of nitrogens with two attached hydrogens (primary N) is 1. The van der Waals surface area contributed by atoms with E-state index in [1.54, 1.807) is 0 Å². The Morgan fingerprint density at radius 1 is 1.12 bits per heavy atom. The molecule has 0 aromatic heterocycles. The number of rotatable bonds is 4. The zero-order valence-corrected chi connectivity index (χ0v) is 10.8. The van der Waals surface area contributed by atoms with Crippen molar-refractivity contribution in [2.24, 2.45) is 17.6 Å². The molecule has 1 aliphatic carbocycles.